The molecule has 0 spiro atoms. The van der Waals surface area contributed by atoms with Crippen LogP contribution in [0.25, 0.3) is 0 Å². The van der Waals surface area contributed by atoms with Crippen LogP contribution in [0.15, 0.2) is 18.2 Å². The Bertz CT molecular complexity index is 445. The summed E-state index contributed by atoms with van der Waals surface area (Å²) >= 11 is 5.76. The summed E-state index contributed by atoms with van der Waals surface area (Å²) in [5.74, 6) is -0.792. The van der Waals surface area contributed by atoms with Gasteiger partial charge >= 0.3 is 6.18 Å². The summed E-state index contributed by atoms with van der Waals surface area (Å²) in [6.07, 6.45) is -3.28. The van der Waals surface area contributed by atoms with Crippen LogP contribution in [0.2, 0.25) is 0 Å². The van der Waals surface area contributed by atoms with E-state index in [1.807, 2.05) is 30.0 Å². The van der Waals surface area contributed by atoms with Gasteiger partial charge in [0.15, 0.2) is 0 Å². The van der Waals surface area contributed by atoms with Gasteiger partial charge in [-0.25, -0.2) is 0 Å². The van der Waals surface area contributed by atoms with Gasteiger partial charge in [-0.1, -0.05) is 12.1 Å². The van der Waals surface area contributed by atoms with Gasteiger partial charge in [0.05, 0.1) is 5.92 Å². The lowest BCUT2D eigenvalue weighted by molar-refractivity contribution is -0.176. The monoisotopic (exact) mass is 291 g/mol. The first-order valence-corrected chi connectivity index (χ1v) is 6.92. The Morgan fingerprint density at radius 1 is 1.37 bits per heavy atom. The first-order valence-electron chi connectivity index (χ1n) is 6.39. The zero-order chi connectivity index (χ0) is 14.0. The molecule has 106 valence electrons. The predicted octanol–water partition coefficient (Wildman–Crippen LogP) is 4.51. The number of halogens is 4. The Kier molecular flexibility index (Phi) is 4.29. The maximum absolute atomic E-state index is 12.8. The SMILES string of the molecule is Cc1cc(CCl)ccc1N1CCCC(C(F)(F)F)C1. The third-order valence-corrected chi connectivity index (χ3v) is 3.95. The zero-order valence-electron chi connectivity index (χ0n) is 10.8. The minimum atomic E-state index is -4.09. The van der Waals surface area contributed by atoms with Gasteiger partial charge in [-0.15, -0.1) is 11.6 Å². The van der Waals surface area contributed by atoms with Crippen LogP contribution < -0.4 is 4.90 Å². The molecule has 1 aliphatic rings. The van der Waals surface area contributed by atoms with Crippen LogP contribution in [0.3, 0.4) is 0 Å². The molecule has 0 amide bonds. The van der Waals surface area contributed by atoms with Gasteiger partial charge in [0.1, 0.15) is 0 Å². The van der Waals surface area contributed by atoms with Crippen LogP contribution in [-0.2, 0) is 5.88 Å². The second-order valence-electron chi connectivity index (χ2n) is 5.08. The van der Waals surface area contributed by atoms with Gasteiger partial charge in [-0.05, 0) is 37.0 Å². The van der Waals surface area contributed by atoms with Gasteiger partial charge in [-0.2, -0.15) is 13.2 Å². The van der Waals surface area contributed by atoms with Crippen molar-refractivity contribution in [3.63, 3.8) is 0 Å². The third-order valence-electron chi connectivity index (χ3n) is 3.64. The second-order valence-corrected chi connectivity index (χ2v) is 5.35. The van der Waals surface area contributed by atoms with E-state index < -0.39 is 12.1 Å². The Balaban J connectivity index is 2.17. The lowest BCUT2D eigenvalue weighted by Gasteiger charge is -2.36. The number of piperidine rings is 1. The van der Waals surface area contributed by atoms with Crippen LogP contribution in [0.4, 0.5) is 18.9 Å². The molecule has 1 atom stereocenters. The molecule has 1 heterocycles. The van der Waals surface area contributed by atoms with Crippen LogP contribution in [0, 0.1) is 12.8 Å². The standard InChI is InChI=1S/C14H17ClF3N/c1-10-7-11(8-15)4-5-13(10)19-6-2-3-12(9-19)14(16,17)18/h4-5,7,12H,2-3,6,8-9H2,1H3. The van der Waals surface area contributed by atoms with Crippen molar-refractivity contribution in [3.05, 3.63) is 29.3 Å². The van der Waals surface area contributed by atoms with Crippen molar-refractivity contribution >= 4 is 17.3 Å². The molecule has 0 bridgehead atoms. The van der Waals surface area contributed by atoms with Crippen LogP contribution >= 0.6 is 11.6 Å². The summed E-state index contributed by atoms with van der Waals surface area (Å²) in [6.45, 7) is 2.67. The molecule has 1 aromatic rings. The highest BCUT2D eigenvalue weighted by molar-refractivity contribution is 6.17. The number of alkyl halides is 4. The fourth-order valence-electron chi connectivity index (χ4n) is 2.62. The van der Waals surface area contributed by atoms with Crippen LogP contribution in [0.5, 0.6) is 0 Å². The molecule has 1 unspecified atom stereocenters. The van der Waals surface area contributed by atoms with E-state index in [-0.39, 0.29) is 13.0 Å². The molecular formula is C14H17ClF3N. The fraction of sp³-hybridized carbons (Fsp3) is 0.571. The molecule has 0 N–H and O–H groups in total. The summed E-state index contributed by atoms with van der Waals surface area (Å²) in [5, 5.41) is 0. The molecular weight excluding hydrogens is 275 g/mol. The quantitative estimate of drug-likeness (QED) is 0.725. The molecule has 0 aliphatic carbocycles. The number of benzene rings is 1. The average molecular weight is 292 g/mol. The van der Waals surface area contributed by atoms with Crippen molar-refractivity contribution in [3.8, 4) is 0 Å². The van der Waals surface area contributed by atoms with E-state index in [1.165, 1.54) is 0 Å². The van der Waals surface area contributed by atoms with Crippen molar-refractivity contribution in [2.24, 2.45) is 5.92 Å². The second kappa shape index (κ2) is 5.61. The summed E-state index contributed by atoms with van der Waals surface area (Å²) in [6, 6.07) is 5.71. The lowest BCUT2D eigenvalue weighted by atomic mass is 9.96. The first-order chi connectivity index (χ1) is 8.91. The number of hydrogen-bond donors (Lipinski definition) is 0. The third kappa shape index (κ3) is 3.35. The van der Waals surface area contributed by atoms with Gasteiger partial charge < -0.3 is 4.90 Å². The molecule has 1 aromatic carbocycles. The fourth-order valence-corrected chi connectivity index (χ4v) is 2.78. The molecule has 2 rings (SSSR count). The van der Waals surface area contributed by atoms with E-state index in [1.54, 1.807) is 0 Å². The van der Waals surface area contributed by atoms with Gasteiger partial charge in [0.25, 0.3) is 0 Å². The average Bonchev–Trinajstić information content (AvgIpc) is 2.37. The Morgan fingerprint density at radius 2 is 2.11 bits per heavy atom. The van der Waals surface area contributed by atoms with Crippen LogP contribution in [0.1, 0.15) is 24.0 Å². The molecule has 0 aromatic heterocycles. The molecule has 1 nitrogen and oxygen atoms in total. The summed E-state index contributed by atoms with van der Waals surface area (Å²) < 4.78 is 38.4. The zero-order valence-corrected chi connectivity index (χ0v) is 11.6. The summed E-state index contributed by atoms with van der Waals surface area (Å²) in [4.78, 5) is 1.84. The Morgan fingerprint density at radius 3 is 2.68 bits per heavy atom. The minimum absolute atomic E-state index is 0.0601. The maximum atomic E-state index is 12.8. The lowest BCUT2D eigenvalue weighted by Crippen LogP contribution is -2.42. The first kappa shape index (κ1) is 14.5. The highest BCUT2D eigenvalue weighted by Crippen LogP contribution is 2.35. The largest absolute Gasteiger partial charge is 0.393 e. The van der Waals surface area contributed by atoms with E-state index in [2.05, 4.69) is 0 Å². The number of nitrogens with zero attached hydrogens (tertiary/aromatic N) is 1. The van der Waals surface area contributed by atoms with E-state index in [0.29, 0.717) is 18.8 Å². The Hall–Kier alpha value is -0.900. The number of rotatable bonds is 2. The molecule has 1 aliphatic heterocycles. The maximum Gasteiger partial charge on any atom is 0.393 e. The summed E-state index contributed by atoms with van der Waals surface area (Å²) in [7, 11) is 0. The minimum Gasteiger partial charge on any atom is -0.371 e. The number of aryl methyl sites for hydroxylation is 1. The molecule has 19 heavy (non-hydrogen) atoms. The summed E-state index contributed by atoms with van der Waals surface area (Å²) in [5.41, 5.74) is 2.87. The van der Waals surface area contributed by atoms with E-state index in [4.69, 9.17) is 11.6 Å². The molecule has 0 saturated carbocycles. The van der Waals surface area contributed by atoms with Crippen LogP contribution in [-0.4, -0.2) is 19.3 Å². The smallest absolute Gasteiger partial charge is 0.371 e. The highest BCUT2D eigenvalue weighted by Gasteiger charge is 2.41. The van der Waals surface area contributed by atoms with E-state index >= 15 is 0 Å². The van der Waals surface area contributed by atoms with Crippen molar-refractivity contribution in [1.29, 1.82) is 0 Å². The van der Waals surface area contributed by atoms with Crippen molar-refractivity contribution in [2.75, 3.05) is 18.0 Å². The van der Waals surface area contributed by atoms with Crippen molar-refractivity contribution in [1.82, 2.24) is 0 Å². The molecule has 1 fully saturated rings. The normalized spacial score (nSPS) is 20.7. The van der Waals surface area contributed by atoms with E-state index in [0.717, 1.165) is 16.8 Å². The van der Waals surface area contributed by atoms with Gasteiger partial charge in [-0.3, -0.25) is 0 Å². The van der Waals surface area contributed by atoms with E-state index in [9.17, 15) is 13.2 Å². The number of anilines is 1. The van der Waals surface area contributed by atoms with Gasteiger partial charge in [0, 0.05) is 24.7 Å². The van der Waals surface area contributed by atoms with Crippen molar-refractivity contribution in [2.45, 2.75) is 31.8 Å². The van der Waals surface area contributed by atoms with Crippen molar-refractivity contribution < 1.29 is 13.2 Å². The molecule has 5 heteroatoms. The molecule has 1 saturated heterocycles. The highest BCUT2D eigenvalue weighted by atomic mass is 35.5. The van der Waals surface area contributed by atoms with Gasteiger partial charge in [0.2, 0.25) is 0 Å². The number of hydrogen-bond acceptors (Lipinski definition) is 1. The predicted molar refractivity (Wildman–Crippen MR) is 71.7 cm³/mol. The topological polar surface area (TPSA) is 3.24 Å². The Labute approximate surface area is 116 Å². The molecule has 0 radical (unpaired) electrons.